The molecule has 0 bridgehead atoms. The van der Waals surface area contributed by atoms with E-state index in [2.05, 4.69) is 10.5 Å². The lowest BCUT2D eigenvalue weighted by molar-refractivity contribution is 0.281. The number of hydrogen-bond donors (Lipinski definition) is 2. The van der Waals surface area contributed by atoms with Gasteiger partial charge in [0.1, 0.15) is 5.69 Å². The molecule has 0 aliphatic carbocycles. The number of nitrogens with zero attached hydrogens (tertiary/aromatic N) is 1. The zero-order valence-electron chi connectivity index (χ0n) is 9.55. The predicted octanol–water partition coefficient (Wildman–Crippen LogP) is 3.03. The highest BCUT2D eigenvalue weighted by molar-refractivity contribution is 5.98. The Morgan fingerprint density at radius 3 is 2.76 bits per heavy atom. The monoisotopic (exact) mass is 230 g/mol. The van der Waals surface area contributed by atoms with E-state index in [9.17, 15) is 4.91 Å². The van der Waals surface area contributed by atoms with Gasteiger partial charge in [0.05, 0.1) is 12.3 Å². The van der Waals surface area contributed by atoms with Gasteiger partial charge in [-0.3, -0.25) is 0 Å². The van der Waals surface area contributed by atoms with Gasteiger partial charge in [0.2, 0.25) is 0 Å². The lowest BCUT2D eigenvalue weighted by Crippen LogP contribution is -2.19. The van der Waals surface area contributed by atoms with Crippen LogP contribution in [0.25, 0.3) is 10.8 Å². The van der Waals surface area contributed by atoms with E-state index in [-0.39, 0.29) is 12.6 Å². The lowest BCUT2D eigenvalue weighted by atomic mass is 10.1. The van der Waals surface area contributed by atoms with Crippen LogP contribution in [0.15, 0.2) is 41.6 Å². The number of benzene rings is 2. The van der Waals surface area contributed by atoms with Crippen LogP contribution in [0.1, 0.15) is 6.92 Å². The van der Waals surface area contributed by atoms with Crippen LogP contribution in [-0.2, 0) is 0 Å². The molecule has 2 aromatic rings. The summed E-state index contributed by atoms with van der Waals surface area (Å²) in [7, 11) is 0. The van der Waals surface area contributed by atoms with E-state index in [1.165, 1.54) is 0 Å². The Bertz CT molecular complexity index is 540. The summed E-state index contributed by atoms with van der Waals surface area (Å²) in [5.41, 5.74) is 1.05. The largest absolute Gasteiger partial charge is 0.394 e. The summed E-state index contributed by atoms with van der Waals surface area (Å²) >= 11 is 0. The number of anilines is 1. The van der Waals surface area contributed by atoms with Crippen molar-refractivity contribution in [3.63, 3.8) is 0 Å². The smallest absolute Gasteiger partial charge is 0.138 e. The normalized spacial score (nSPS) is 12.4. The summed E-state index contributed by atoms with van der Waals surface area (Å²) in [6.45, 7) is 1.84. The summed E-state index contributed by atoms with van der Waals surface area (Å²) in [5.74, 6) is 0. The van der Waals surface area contributed by atoms with Gasteiger partial charge in [0.15, 0.2) is 0 Å². The standard InChI is InChI=1S/C13H14N2O2/c1-9(8-16)14-12-7-6-10-4-2-3-5-11(10)13(12)15-17/h2-7,9,14,16H,8H2,1H3/t9-/m0/s1. The maximum Gasteiger partial charge on any atom is 0.138 e. The highest BCUT2D eigenvalue weighted by Gasteiger charge is 2.09. The first-order valence-corrected chi connectivity index (χ1v) is 5.48. The van der Waals surface area contributed by atoms with Gasteiger partial charge in [-0.2, -0.15) is 0 Å². The molecule has 0 heterocycles. The van der Waals surface area contributed by atoms with Crippen LogP contribution in [0.2, 0.25) is 0 Å². The molecule has 0 spiro atoms. The van der Waals surface area contributed by atoms with Crippen molar-refractivity contribution in [1.82, 2.24) is 0 Å². The molecule has 4 heteroatoms. The molecule has 0 aliphatic heterocycles. The number of hydrogen-bond acceptors (Lipinski definition) is 4. The molecule has 2 N–H and O–H groups in total. The molecular weight excluding hydrogens is 216 g/mol. The van der Waals surface area contributed by atoms with E-state index in [0.29, 0.717) is 11.4 Å². The summed E-state index contributed by atoms with van der Waals surface area (Å²) < 4.78 is 0. The average molecular weight is 230 g/mol. The molecule has 0 saturated carbocycles. The molecule has 0 amide bonds. The molecule has 4 nitrogen and oxygen atoms in total. The number of aliphatic hydroxyl groups excluding tert-OH is 1. The molecule has 17 heavy (non-hydrogen) atoms. The third kappa shape index (κ3) is 2.26. The van der Waals surface area contributed by atoms with Gasteiger partial charge in [0.25, 0.3) is 0 Å². The van der Waals surface area contributed by atoms with Gasteiger partial charge in [-0.05, 0) is 23.6 Å². The second-order valence-corrected chi connectivity index (χ2v) is 4.00. The van der Waals surface area contributed by atoms with Crippen LogP contribution < -0.4 is 5.32 Å². The molecule has 2 rings (SSSR count). The topological polar surface area (TPSA) is 61.7 Å². The van der Waals surface area contributed by atoms with E-state index in [0.717, 1.165) is 10.8 Å². The first kappa shape index (κ1) is 11.5. The lowest BCUT2D eigenvalue weighted by Gasteiger charge is -2.14. The van der Waals surface area contributed by atoms with Crippen LogP contribution in [0.3, 0.4) is 0 Å². The van der Waals surface area contributed by atoms with Gasteiger partial charge >= 0.3 is 0 Å². The second kappa shape index (κ2) is 4.93. The molecule has 0 fully saturated rings. The molecule has 0 aliphatic rings. The fraction of sp³-hybridized carbons (Fsp3) is 0.231. The quantitative estimate of drug-likeness (QED) is 0.793. The van der Waals surface area contributed by atoms with Crippen LogP contribution in [0, 0.1) is 4.91 Å². The number of nitroso groups, excluding NO2 is 1. The molecule has 2 aromatic carbocycles. The summed E-state index contributed by atoms with van der Waals surface area (Å²) in [6.07, 6.45) is 0. The van der Waals surface area contributed by atoms with E-state index >= 15 is 0 Å². The van der Waals surface area contributed by atoms with Crippen molar-refractivity contribution in [2.75, 3.05) is 11.9 Å². The maximum absolute atomic E-state index is 11.0. The van der Waals surface area contributed by atoms with Crippen molar-refractivity contribution in [1.29, 1.82) is 0 Å². The minimum Gasteiger partial charge on any atom is -0.394 e. The summed E-state index contributed by atoms with van der Waals surface area (Å²) in [4.78, 5) is 11.0. The molecule has 0 aromatic heterocycles. The van der Waals surface area contributed by atoms with E-state index in [1.807, 2.05) is 43.3 Å². The molecule has 0 unspecified atom stereocenters. The van der Waals surface area contributed by atoms with Crippen molar-refractivity contribution in [2.24, 2.45) is 5.18 Å². The van der Waals surface area contributed by atoms with Crippen LogP contribution in [0.4, 0.5) is 11.4 Å². The zero-order valence-corrected chi connectivity index (χ0v) is 9.55. The van der Waals surface area contributed by atoms with E-state index in [4.69, 9.17) is 5.11 Å². The van der Waals surface area contributed by atoms with Gasteiger partial charge in [0, 0.05) is 11.4 Å². The zero-order chi connectivity index (χ0) is 12.3. The van der Waals surface area contributed by atoms with E-state index in [1.54, 1.807) is 0 Å². The molecular formula is C13H14N2O2. The Hall–Kier alpha value is -1.94. The SMILES string of the molecule is C[C@@H](CO)Nc1ccc2ccccc2c1N=O. The number of fused-ring (bicyclic) bond motifs is 1. The van der Waals surface area contributed by atoms with Gasteiger partial charge < -0.3 is 10.4 Å². The molecule has 88 valence electrons. The molecule has 0 radical (unpaired) electrons. The third-order valence-corrected chi connectivity index (χ3v) is 2.67. The van der Waals surface area contributed by atoms with Crippen molar-refractivity contribution >= 4 is 22.1 Å². The Kier molecular flexibility index (Phi) is 3.35. The Labute approximate surface area is 99.2 Å². The van der Waals surface area contributed by atoms with Gasteiger partial charge in [-0.25, -0.2) is 0 Å². The second-order valence-electron chi connectivity index (χ2n) is 4.00. The maximum atomic E-state index is 11.0. The Morgan fingerprint density at radius 2 is 2.06 bits per heavy atom. The molecule has 1 atom stereocenters. The Morgan fingerprint density at radius 1 is 1.29 bits per heavy atom. The van der Waals surface area contributed by atoms with Crippen LogP contribution >= 0.6 is 0 Å². The van der Waals surface area contributed by atoms with Crippen molar-refractivity contribution in [3.05, 3.63) is 41.3 Å². The van der Waals surface area contributed by atoms with Crippen LogP contribution in [0.5, 0.6) is 0 Å². The third-order valence-electron chi connectivity index (χ3n) is 2.67. The highest BCUT2D eigenvalue weighted by Crippen LogP contribution is 2.34. The highest BCUT2D eigenvalue weighted by atomic mass is 16.3. The van der Waals surface area contributed by atoms with E-state index < -0.39 is 0 Å². The van der Waals surface area contributed by atoms with Gasteiger partial charge in [-0.15, -0.1) is 4.91 Å². The number of nitrogens with one attached hydrogen (secondary N) is 1. The fourth-order valence-corrected chi connectivity index (χ4v) is 1.78. The first-order chi connectivity index (χ1) is 8.26. The number of rotatable bonds is 4. The van der Waals surface area contributed by atoms with Crippen LogP contribution in [-0.4, -0.2) is 17.8 Å². The Balaban J connectivity index is 2.53. The van der Waals surface area contributed by atoms with Crippen molar-refractivity contribution < 1.29 is 5.11 Å². The minimum atomic E-state index is -0.114. The fourth-order valence-electron chi connectivity index (χ4n) is 1.78. The van der Waals surface area contributed by atoms with Crippen molar-refractivity contribution in [2.45, 2.75) is 13.0 Å². The summed E-state index contributed by atoms with van der Waals surface area (Å²) in [5, 5.41) is 16.9. The predicted molar refractivity (Wildman–Crippen MR) is 69.6 cm³/mol. The van der Waals surface area contributed by atoms with Gasteiger partial charge in [-0.1, -0.05) is 30.3 Å². The average Bonchev–Trinajstić information content (AvgIpc) is 2.38. The molecule has 0 saturated heterocycles. The summed E-state index contributed by atoms with van der Waals surface area (Å²) in [6, 6.07) is 11.2. The van der Waals surface area contributed by atoms with Crippen molar-refractivity contribution in [3.8, 4) is 0 Å². The number of aliphatic hydroxyl groups is 1. The first-order valence-electron chi connectivity index (χ1n) is 5.48. The minimum absolute atomic E-state index is 0.00508.